The van der Waals surface area contributed by atoms with E-state index in [2.05, 4.69) is 10.0 Å². The molecule has 2 rings (SSSR count). The van der Waals surface area contributed by atoms with Gasteiger partial charge in [-0.25, -0.2) is 13.1 Å². The molecule has 1 aliphatic rings. The van der Waals surface area contributed by atoms with E-state index in [4.69, 9.17) is 5.73 Å². The Balaban J connectivity index is 2.05. The van der Waals surface area contributed by atoms with E-state index in [1.165, 1.54) is 19.3 Å². The zero-order valence-electron chi connectivity index (χ0n) is 12.5. The normalized spacial score (nSPS) is 23.0. The molecule has 21 heavy (non-hydrogen) atoms. The summed E-state index contributed by atoms with van der Waals surface area (Å²) in [7, 11) is -3.37. The van der Waals surface area contributed by atoms with Crippen LogP contribution in [0.2, 0.25) is 0 Å². The zero-order chi connectivity index (χ0) is 15.3. The minimum absolute atomic E-state index is 0.300. The Bertz CT molecular complexity index is 543. The zero-order valence-corrected chi connectivity index (χ0v) is 13.3. The van der Waals surface area contributed by atoms with Crippen LogP contribution < -0.4 is 15.8 Å². The van der Waals surface area contributed by atoms with Crippen molar-refractivity contribution in [3.05, 3.63) is 24.3 Å². The highest BCUT2D eigenvalue weighted by molar-refractivity contribution is 7.89. The third-order valence-corrected chi connectivity index (χ3v) is 5.62. The number of nitrogens with one attached hydrogen (secondary N) is 2. The fourth-order valence-electron chi connectivity index (χ4n) is 2.90. The van der Waals surface area contributed by atoms with Crippen molar-refractivity contribution in [2.24, 2.45) is 11.7 Å². The quantitative estimate of drug-likeness (QED) is 0.749. The highest BCUT2D eigenvalue weighted by Gasteiger charge is 2.23. The maximum absolute atomic E-state index is 11.9. The molecule has 1 fully saturated rings. The molecule has 0 aliphatic heterocycles. The van der Waals surface area contributed by atoms with Gasteiger partial charge in [0.05, 0.1) is 4.90 Å². The minimum Gasteiger partial charge on any atom is -0.382 e. The van der Waals surface area contributed by atoms with Gasteiger partial charge in [0.2, 0.25) is 10.0 Å². The molecule has 0 radical (unpaired) electrons. The summed E-state index contributed by atoms with van der Waals surface area (Å²) in [4.78, 5) is 0.300. The van der Waals surface area contributed by atoms with Crippen LogP contribution in [0, 0.1) is 5.92 Å². The lowest BCUT2D eigenvalue weighted by molar-refractivity contribution is 0.332. The summed E-state index contributed by atoms with van der Waals surface area (Å²) in [6, 6.07) is 7.32. The van der Waals surface area contributed by atoms with E-state index >= 15 is 0 Å². The second-order valence-electron chi connectivity index (χ2n) is 5.56. The van der Waals surface area contributed by atoms with Gasteiger partial charge in [-0.2, -0.15) is 0 Å². The molecule has 118 valence electrons. The predicted octanol–water partition coefficient (Wildman–Crippen LogP) is 1.91. The van der Waals surface area contributed by atoms with Crippen LogP contribution in [0.3, 0.4) is 0 Å². The molecular weight excluding hydrogens is 286 g/mol. The van der Waals surface area contributed by atoms with Crippen molar-refractivity contribution in [2.45, 2.75) is 43.5 Å². The summed E-state index contributed by atoms with van der Waals surface area (Å²) < 4.78 is 26.3. The maximum atomic E-state index is 11.9. The van der Waals surface area contributed by atoms with Crippen molar-refractivity contribution in [1.29, 1.82) is 0 Å². The van der Waals surface area contributed by atoms with Gasteiger partial charge in [-0.1, -0.05) is 19.8 Å². The number of hydrogen-bond acceptors (Lipinski definition) is 4. The van der Waals surface area contributed by atoms with Gasteiger partial charge >= 0.3 is 0 Å². The summed E-state index contributed by atoms with van der Waals surface area (Å²) in [6.07, 6.45) is 4.77. The number of anilines is 1. The Morgan fingerprint density at radius 1 is 1.19 bits per heavy atom. The van der Waals surface area contributed by atoms with Gasteiger partial charge in [-0.3, -0.25) is 0 Å². The first-order valence-corrected chi connectivity index (χ1v) is 9.11. The van der Waals surface area contributed by atoms with Gasteiger partial charge < -0.3 is 11.1 Å². The molecule has 1 aromatic rings. The fourth-order valence-corrected chi connectivity index (χ4v) is 3.94. The first kappa shape index (κ1) is 16.3. The largest absolute Gasteiger partial charge is 0.382 e. The molecule has 0 amide bonds. The highest BCUT2D eigenvalue weighted by atomic mass is 32.2. The number of sulfonamides is 1. The van der Waals surface area contributed by atoms with Crippen LogP contribution in [0.4, 0.5) is 5.69 Å². The third kappa shape index (κ3) is 4.18. The monoisotopic (exact) mass is 311 g/mol. The molecule has 0 aromatic heterocycles. The smallest absolute Gasteiger partial charge is 0.240 e. The number of hydrogen-bond donors (Lipinski definition) is 3. The van der Waals surface area contributed by atoms with E-state index in [-0.39, 0.29) is 0 Å². The predicted molar refractivity (Wildman–Crippen MR) is 85.7 cm³/mol. The average molecular weight is 311 g/mol. The van der Waals surface area contributed by atoms with Crippen LogP contribution in [-0.2, 0) is 10.0 Å². The molecule has 2 unspecified atom stereocenters. The Morgan fingerprint density at radius 3 is 2.48 bits per heavy atom. The van der Waals surface area contributed by atoms with Gasteiger partial charge in [0, 0.05) is 18.3 Å². The molecule has 0 bridgehead atoms. The van der Waals surface area contributed by atoms with E-state index in [9.17, 15) is 8.42 Å². The summed E-state index contributed by atoms with van der Waals surface area (Å²) in [6.45, 7) is 2.86. The van der Waals surface area contributed by atoms with Gasteiger partial charge in [-0.05, 0) is 49.6 Å². The summed E-state index contributed by atoms with van der Waals surface area (Å²) in [5.41, 5.74) is 6.79. The molecule has 1 aliphatic carbocycles. The van der Waals surface area contributed by atoms with Gasteiger partial charge in [0.25, 0.3) is 0 Å². The van der Waals surface area contributed by atoms with Crippen molar-refractivity contribution < 1.29 is 8.42 Å². The van der Waals surface area contributed by atoms with Crippen molar-refractivity contribution in [3.63, 3.8) is 0 Å². The molecule has 0 saturated heterocycles. The van der Waals surface area contributed by atoms with Crippen molar-refractivity contribution >= 4 is 15.7 Å². The van der Waals surface area contributed by atoms with Gasteiger partial charge in [0.1, 0.15) is 0 Å². The fraction of sp³-hybridized carbons (Fsp3) is 0.600. The molecule has 5 nitrogen and oxygen atoms in total. The van der Waals surface area contributed by atoms with Crippen LogP contribution in [0.15, 0.2) is 29.2 Å². The summed E-state index contributed by atoms with van der Waals surface area (Å²) >= 11 is 0. The lowest BCUT2D eigenvalue weighted by Gasteiger charge is -2.32. The Hall–Kier alpha value is -1.11. The lowest BCUT2D eigenvalue weighted by atomic mass is 9.84. The molecular formula is C15H25N3O2S. The molecule has 0 heterocycles. The molecule has 6 heteroatoms. The molecule has 1 aromatic carbocycles. The molecule has 2 atom stereocenters. The standard InChI is InChI=1S/C15H25N3O2S/c1-2-17-21(19,20)14-9-7-13(8-10-14)18-15-6-4-3-5-12(15)11-16/h7-10,12,15,17-18H,2-6,11,16H2,1H3. The number of nitrogens with two attached hydrogens (primary N) is 1. The number of benzene rings is 1. The Kier molecular flexibility index (Phi) is 5.61. The van der Waals surface area contributed by atoms with E-state index in [0.29, 0.717) is 29.9 Å². The number of rotatable bonds is 6. The third-order valence-electron chi connectivity index (χ3n) is 4.06. The first-order valence-electron chi connectivity index (χ1n) is 7.63. The van der Waals surface area contributed by atoms with Crippen LogP contribution in [0.5, 0.6) is 0 Å². The molecule has 0 spiro atoms. The van der Waals surface area contributed by atoms with E-state index < -0.39 is 10.0 Å². The molecule has 1 saturated carbocycles. The second kappa shape index (κ2) is 7.24. The van der Waals surface area contributed by atoms with Crippen LogP contribution >= 0.6 is 0 Å². The van der Waals surface area contributed by atoms with Crippen LogP contribution in [-0.4, -0.2) is 27.5 Å². The highest BCUT2D eigenvalue weighted by Crippen LogP contribution is 2.27. The summed E-state index contributed by atoms with van der Waals surface area (Å²) in [5, 5.41) is 3.50. The lowest BCUT2D eigenvalue weighted by Crippen LogP contribution is -2.36. The Labute approximate surface area is 127 Å². The van der Waals surface area contributed by atoms with Crippen molar-refractivity contribution in [1.82, 2.24) is 4.72 Å². The maximum Gasteiger partial charge on any atom is 0.240 e. The molecule has 4 N–H and O–H groups in total. The van der Waals surface area contributed by atoms with Crippen molar-refractivity contribution in [3.8, 4) is 0 Å². The SMILES string of the molecule is CCNS(=O)(=O)c1ccc(NC2CCCCC2CN)cc1. The van der Waals surface area contributed by atoms with Gasteiger partial charge in [-0.15, -0.1) is 0 Å². The average Bonchev–Trinajstić information content (AvgIpc) is 2.48. The Morgan fingerprint density at radius 2 is 1.86 bits per heavy atom. The minimum atomic E-state index is -3.37. The van der Waals surface area contributed by atoms with E-state index in [1.807, 2.05) is 12.1 Å². The van der Waals surface area contributed by atoms with Crippen LogP contribution in [0.25, 0.3) is 0 Å². The van der Waals surface area contributed by atoms with Gasteiger partial charge in [0.15, 0.2) is 0 Å². The van der Waals surface area contributed by atoms with E-state index in [0.717, 1.165) is 12.1 Å². The van der Waals surface area contributed by atoms with Crippen molar-refractivity contribution in [2.75, 3.05) is 18.4 Å². The van der Waals surface area contributed by atoms with E-state index in [1.54, 1.807) is 19.1 Å². The topological polar surface area (TPSA) is 84.2 Å². The summed E-state index contributed by atoms with van der Waals surface area (Å²) in [5.74, 6) is 0.504. The first-order chi connectivity index (χ1) is 10.1. The van der Waals surface area contributed by atoms with Crippen LogP contribution in [0.1, 0.15) is 32.6 Å². The second-order valence-corrected chi connectivity index (χ2v) is 7.32.